The van der Waals surface area contributed by atoms with E-state index in [2.05, 4.69) is 15.1 Å². The molecule has 4 aromatic rings. The molecule has 3 heterocycles. The molecule has 0 bridgehead atoms. The lowest BCUT2D eigenvalue weighted by Crippen LogP contribution is -2.18. The Hall–Kier alpha value is -2.87. The number of pyridine rings is 1. The average molecular weight is 358 g/mol. The second-order valence-electron chi connectivity index (χ2n) is 5.48. The molecular formula is C17H12F2N4OS. The predicted octanol–water partition coefficient (Wildman–Crippen LogP) is 4.92. The zero-order valence-corrected chi connectivity index (χ0v) is 13.9. The minimum absolute atomic E-state index is 0.491. The van der Waals surface area contributed by atoms with Gasteiger partial charge in [0.1, 0.15) is 11.5 Å². The van der Waals surface area contributed by atoms with Crippen molar-refractivity contribution in [3.8, 4) is 22.8 Å². The number of hydrogen-bond acceptors (Lipinski definition) is 5. The molecule has 0 aliphatic carbocycles. The first-order valence-corrected chi connectivity index (χ1v) is 8.27. The van der Waals surface area contributed by atoms with Crippen LogP contribution in [0.25, 0.3) is 21.5 Å². The zero-order chi connectivity index (χ0) is 17.4. The molecular weight excluding hydrogens is 346 g/mol. The maximum Gasteiger partial charge on any atom is 0.340 e. The van der Waals surface area contributed by atoms with Gasteiger partial charge in [-0.3, -0.25) is 4.98 Å². The van der Waals surface area contributed by atoms with Crippen LogP contribution in [0.4, 0.5) is 8.78 Å². The van der Waals surface area contributed by atoms with Crippen molar-refractivity contribution in [2.24, 2.45) is 0 Å². The first kappa shape index (κ1) is 15.6. The van der Waals surface area contributed by atoms with E-state index in [1.807, 2.05) is 18.2 Å². The molecule has 0 N–H and O–H groups in total. The first-order valence-electron chi connectivity index (χ1n) is 7.39. The van der Waals surface area contributed by atoms with Gasteiger partial charge in [0.05, 0.1) is 27.6 Å². The van der Waals surface area contributed by atoms with Gasteiger partial charge < -0.3 is 4.74 Å². The molecule has 126 valence electrons. The van der Waals surface area contributed by atoms with Crippen molar-refractivity contribution in [3.63, 3.8) is 0 Å². The molecule has 0 spiro atoms. The Morgan fingerprint density at radius 3 is 2.76 bits per heavy atom. The van der Waals surface area contributed by atoms with Crippen LogP contribution in [0.5, 0.6) is 11.5 Å². The van der Waals surface area contributed by atoms with Crippen LogP contribution in [-0.2, 0) is 6.05 Å². The Morgan fingerprint density at radius 2 is 1.96 bits per heavy atom. The van der Waals surface area contributed by atoms with Crippen molar-refractivity contribution in [2.75, 3.05) is 0 Å². The summed E-state index contributed by atoms with van der Waals surface area (Å²) in [6, 6.07) is 5.96. The fraction of sp³-hybridized carbons (Fsp3) is 0.118. The van der Waals surface area contributed by atoms with Crippen molar-refractivity contribution < 1.29 is 13.5 Å². The van der Waals surface area contributed by atoms with Crippen molar-refractivity contribution in [2.45, 2.75) is 13.0 Å². The number of halogens is 2. The maximum absolute atomic E-state index is 13.3. The van der Waals surface area contributed by atoms with Gasteiger partial charge in [0.15, 0.2) is 0 Å². The third-order valence-corrected chi connectivity index (χ3v) is 4.34. The SMILES string of the molecule is CC(F)(F)n1cc(-c2cc(Oc3ccc4ncsc4c3)ccn2)cn1. The van der Waals surface area contributed by atoms with Gasteiger partial charge in [0.25, 0.3) is 0 Å². The summed E-state index contributed by atoms with van der Waals surface area (Å²) in [5.74, 6) is 1.23. The van der Waals surface area contributed by atoms with E-state index in [-0.39, 0.29) is 0 Å². The van der Waals surface area contributed by atoms with E-state index in [0.717, 1.165) is 17.1 Å². The molecule has 0 saturated heterocycles. The average Bonchev–Trinajstić information content (AvgIpc) is 3.24. The van der Waals surface area contributed by atoms with Crippen LogP contribution in [-0.4, -0.2) is 19.7 Å². The monoisotopic (exact) mass is 358 g/mol. The van der Waals surface area contributed by atoms with Crippen molar-refractivity contribution in [3.05, 3.63) is 54.4 Å². The number of alkyl halides is 2. The molecule has 0 radical (unpaired) electrons. The minimum atomic E-state index is -3.06. The highest BCUT2D eigenvalue weighted by atomic mass is 32.1. The molecule has 0 amide bonds. The molecule has 4 rings (SSSR count). The standard InChI is InChI=1S/C17H12F2N4OS/c1-17(18,19)23-9-11(8-22-23)15-6-13(4-5-20-15)24-12-2-3-14-16(7-12)25-10-21-14/h2-10H,1H3. The normalized spacial score (nSPS) is 11.8. The van der Waals surface area contributed by atoms with Crippen LogP contribution >= 0.6 is 11.3 Å². The molecule has 0 aliphatic heterocycles. The highest BCUT2D eigenvalue weighted by Gasteiger charge is 2.24. The second kappa shape index (κ2) is 5.89. The summed E-state index contributed by atoms with van der Waals surface area (Å²) >= 11 is 1.53. The number of rotatable bonds is 4. The van der Waals surface area contributed by atoms with Gasteiger partial charge in [-0.25, -0.2) is 9.67 Å². The molecule has 0 saturated carbocycles. The summed E-state index contributed by atoms with van der Waals surface area (Å²) < 4.78 is 34.1. The summed E-state index contributed by atoms with van der Waals surface area (Å²) in [5, 5.41) is 3.69. The molecule has 0 atom stereocenters. The van der Waals surface area contributed by atoms with E-state index >= 15 is 0 Å². The maximum atomic E-state index is 13.3. The van der Waals surface area contributed by atoms with Crippen LogP contribution in [0, 0.1) is 0 Å². The van der Waals surface area contributed by atoms with Crippen molar-refractivity contribution >= 4 is 21.6 Å². The topological polar surface area (TPSA) is 52.8 Å². The number of thiazole rings is 1. The van der Waals surface area contributed by atoms with Crippen LogP contribution < -0.4 is 4.74 Å². The predicted molar refractivity (Wildman–Crippen MR) is 91.0 cm³/mol. The number of aromatic nitrogens is 4. The van der Waals surface area contributed by atoms with E-state index < -0.39 is 6.05 Å². The lowest BCUT2D eigenvalue weighted by Gasteiger charge is -2.09. The van der Waals surface area contributed by atoms with Gasteiger partial charge in [0.2, 0.25) is 0 Å². The molecule has 5 nitrogen and oxygen atoms in total. The summed E-state index contributed by atoms with van der Waals surface area (Å²) in [7, 11) is 0. The first-order chi connectivity index (χ1) is 12.0. The van der Waals surface area contributed by atoms with Crippen LogP contribution in [0.2, 0.25) is 0 Å². The molecule has 0 fully saturated rings. The second-order valence-corrected chi connectivity index (χ2v) is 6.36. The Labute approximate surface area is 145 Å². The van der Waals surface area contributed by atoms with E-state index in [0.29, 0.717) is 27.4 Å². The van der Waals surface area contributed by atoms with Crippen LogP contribution in [0.3, 0.4) is 0 Å². The minimum Gasteiger partial charge on any atom is -0.457 e. The Bertz CT molecular complexity index is 1040. The highest BCUT2D eigenvalue weighted by Crippen LogP contribution is 2.29. The smallest absolute Gasteiger partial charge is 0.340 e. The quantitative estimate of drug-likeness (QED) is 0.520. The molecule has 25 heavy (non-hydrogen) atoms. The summed E-state index contributed by atoms with van der Waals surface area (Å²) in [6.07, 6.45) is 4.18. The highest BCUT2D eigenvalue weighted by molar-refractivity contribution is 7.16. The molecule has 3 aromatic heterocycles. The van der Waals surface area contributed by atoms with Gasteiger partial charge in [-0.2, -0.15) is 13.9 Å². The lowest BCUT2D eigenvalue weighted by molar-refractivity contribution is -0.0722. The van der Waals surface area contributed by atoms with E-state index in [4.69, 9.17) is 4.74 Å². The van der Waals surface area contributed by atoms with Gasteiger partial charge in [-0.15, -0.1) is 11.3 Å². The summed E-state index contributed by atoms with van der Waals surface area (Å²) in [4.78, 5) is 8.43. The number of ether oxygens (including phenoxy) is 1. The Balaban J connectivity index is 1.61. The number of nitrogens with zero attached hydrogens (tertiary/aromatic N) is 4. The van der Waals surface area contributed by atoms with Gasteiger partial charge in [-0.05, 0) is 18.2 Å². The largest absolute Gasteiger partial charge is 0.457 e. The van der Waals surface area contributed by atoms with Gasteiger partial charge in [-0.1, -0.05) is 0 Å². The van der Waals surface area contributed by atoms with Crippen molar-refractivity contribution in [1.82, 2.24) is 19.7 Å². The van der Waals surface area contributed by atoms with Gasteiger partial charge in [0, 0.05) is 37.0 Å². The Morgan fingerprint density at radius 1 is 1.12 bits per heavy atom. The summed E-state index contributed by atoms with van der Waals surface area (Å²) in [6.45, 7) is 0.784. The van der Waals surface area contributed by atoms with Crippen LogP contribution in [0.15, 0.2) is 54.4 Å². The summed E-state index contributed by atoms with van der Waals surface area (Å²) in [5.41, 5.74) is 3.69. The number of benzene rings is 1. The molecule has 1 aromatic carbocycles. The Kier molecular flexibility index (Phi) is 3.69. The molecule has 0 unspecified atom stereocenters. The number of fused-ring (bicyclic) bond motifs is 1. The zero-order valence-electron chi connectivity index (χ0n) is 13.1. The van der Waals surface area contributed by atoms with E-state index in [1.54, 1.807) is 23.8 Å². The van der Waals surface area contributed by atoms with E-state index in [9.17, 15) is 8.78 Å². The van der Waals surface area contributed by atoms with Gasteiger partial charge >= 0.3 is 6.05 Å². The fourth-order valence-electron chi connectivity index (χ4n) is 2.34. The van der Waals surface area contributed by atoms with E-state index in [1.165, 1.54) is 23.7 Å². The molecule has 8 heteroatoms. The van der Waals surface area contributed by atoms with Crippen LogP contribution in [0.1, 0.15) is 6.92 Å². The number of hydrogen-bond donors (Lipinski definition) is 0. The fourth-order valence-corrected chi connectivity index (χ4v) is 3.04. The third kappa shape index (κ3) is 3.20. The third-order valence-electron chi connectivity index (χ3n) is 3.55. The van der Waals surface area contributed by atoms with Crippen molar-refractivity contribution in [1.29, 1.82) is 0 Å². The lowest BCUT2D eigenvalue weighted by atomic mass is 10.2. The molecule has 0 aliphatic rings.